The molecule has 0 saturated carbocycles. The van der Waals surface area contributed by atoms with Gasteiger partial charge in [-0.15, -0.1) is 0 Å². The van der Waals surface area contributed by atoms with Gasteiger partial charge in [0, 0.05) is 32.3 Å². The van der Waals surface area contributed by atoms with E-state index in [-0.39, 0.29) is 6.54 Å². The van der Waals surface area contributed by atoms with Crippen molar-refractivity contribution in [3.05, 3.63) is 63.8 Å². The van der Waals surface area contributed by atoms with E-state index in [9.17, 15) is 14.1 Å². The molecule has 1 unspecified atom stereocenters. The van der Waals surface area contributed by atoms with E-state index in [1.807, 2.05) is 35.8 Å². The fourth-order valence-electron chi connectivity index (χ4n) is 3.76. The van der Waals surface area contributed by atoms with Gasteiger partial charge in [-0.05, 0) is 60.7 Å². The first kappa shape index (κ1) is 17.3. The van der Waals surface area contributed by atoms with Crippen LogP contribution >= 0.6 is 11.6 Å². The van der Waals surface area contributed by atoms with Crippen LogP contribution < -0.4 is 0 Å². The van der Waals surface area contributed by atoms with Gasteiger partial charge in [0.15, 0.2) is 0 Å². The molecule has 0 spiro atoms. The lowest BCUT2D eigenvalue weighted by Crippen LogP contribution is -2.10. The number of halogens is 1. The Bertz CT molecular complexity index is 1070. The number of carboxylic acid groups (broad SMARTS) is 1. The quantitative estimate of drug-likeness (QED) is 0.737. The van der Waals surface area contributed by atoms with Gasteiger partial charge in [-0.1, -0.05) is 23.7 Å². The first-order valence-corrected chi connectivity index (χ1v) is 10.1. The summed E-state index contributed by atoms with van der Waals surface area (Å²) >= 11 is 6.19. The lowest BCUT2D eigenvalue weighted by molar-refractivity contribution is -0.137. The first-order chi connectivity index (χ1) is 12.4. The summed E-state index contributed by atoms with van der Waals surface area (Å²) in [7, 11) is -0.872. The minimum atomic E-state index is -0.872. The Balaban J connectivity index is 1.81. The molecule has 0 bridgehead atoms. The van der Waals surface area contributed by atoms with E-state index in [1.165, 1.54) is 0 Å². The van der Waals surface area contributed by atoms with Gasteiger partial charge in [-0.2, -0.15) is 0 Å². The second-order valence-electron chi connectivity index (χ2n) is 6.62. The van der Waals surface area contributed by atoms with Gasteiger partial charge >= 0.3 is 5.97 Å². The third-order valence-electron chi connectivity index (χ3n) is 5.02. The van der Waals surface area contributed by atoms with Gasteiger partial charge in [0.05, 0.1) is 10.8 Å². The number of aromatic nitrogens is 1. The van der Waals surface area contributed by atoms with Crippen LogP contribution in [0.15, 0.2) is 41.3 Å². The predicted molar refractivity (Wildman–Crippen MR) is 104 cm³/mol. The zero-order valence-electron chi connectivity index (χ0n) is 14.3. The maximum Gasteiger partial charge on any atom is 0.323 e. The van der Waals surface area contributed by atoms with Crippen molar-refractivity contribution in [2.24, 2.45) is 0 Å². The zero-order valence-corrected chi connectivity index (χ0v) is 15.9. The number of hydrogen-bond donors (Lipinski definition) is 1. The van der Waals surface area contributed by atoms with E-state index in [0.717, 1.165) is 44.6 Å². The summed E-state index contributed by atoms with van der Waals surface area (Å²) in [5, 5.41) is 10.9. The highest BCUT2D eigenvalue weighted by Crippen LogP contribution is 2.32. The van der Waals surface area contributed by atoms with Crippen molar-refractivity contribution in [3.63, 3.8) is 0 Å². The average molecular weight is 388 g/mol. The largest absolute Gasteiger partial charge is 0.480 e. The number of aliphatic carboxylic acids is 1. The molecule has 26 heavy (non-hydrogen) atoms. The molecule has 4 nitrogen and oxygen atoms in total. The first-order valence-electron chi connectivity index (χ1n) is 8.43. The molecule has 0 aliphatic carbocycles. The van der Waals surface area contributed by atoms with E-state index in [2.05, 4.69) is 6.07 Å². The van der Waals surface area contributed by atoms with E-state index >= 15 is 0 Å². The molecule has 2 aromatic carbocycles. The molecule has 1 aliphatic rings. The van der Waals surface area contributed by atoms with Crippen molar-refractivity contribution in [1.29, 1.82) is 0 Å². The summed E-state index contributed by atoms with van der Waals surface area (Å²) in [5.41, 5.74) is 5.20. The number of hydrogen-bond acceptors (Lipinski definition) is 2. The van der Waals surface area contributed by atoms with Crippen LogP contribution in [0.5, 0.6) is 0 Å². The summed E-state index contributed by atoms with van der Waals surface area (Å²) in [6.07, 6.45) is 1.54. The topological polar surface area (TPSA) is 59.3 Å². The fraction of sp³-hybridized carbons (Fsp3) is 0.250. The monoisotopic (exact) mass is 387 g/mol. The van der Waals surface area contributed by atoms with Crippen molar-refractivity contribution in [1.82, 2.24) is 4.57 Å². The molecule has 4 rings (SSSR count). The van der Waals surface area contributed by atoms with Gasteiger partial charge in [-0.25, -0.2) is 0 Å². The van der Waals surface area contributed by atoms with Crippen LogP contribution in [0.1, 0.15) is 22.4 Å². The smallest absolute Gasteiger partial charge is 0.323 e. The van der Waals surface area contributed by atoms with E-state index < -0.39 is 16.8 Å². The molecule has 0 saturated heterocycles. The number of nitrogens with zero attached hydrogens (tertiary/aromatic N) is 1. The van der Waals surface area contributed by atoms with Crippen LogP contribution in [0.4, 0.5) is 0 Å². The molecular weight excluding hydrogens is 370 g/mol. The normalized spacial score (nSPS) is 16.2. The lowest BCUT2D eigenvalue weighted by Gasteiger charge is -2.07. The maximum absolute atomic E-state index is 11.9. The number of carbonyl (C=O) groups is 1. The van der Waals surface area contributed by atoms with Crippen LogP contribution in [0.25, 0.3) is 10.9 Å². The van der Waals surface area contributed by atoms with E-state index in [4.69, 9.17) is 11.6 Å². The van der Waals surface area contributed by atoms with Crippen molar-refractivity contribution in [3.8, 4) is 0 Å². The fourth-order valence-corrected chi connectivity index (χ4v) is 5.23. The van der Waals surface area contributed by atoms with Crippen molar-refractivity contribution in [2.75, 3.05) is 5.75 Å². The zero-order chi connectivity index (χ0) is 18.4. The lowest BCUT2D eigenvalue weighted by atomic mass is 10.00. The molecule has 1 aliphatic heterocycles. The Kier molecular flexibility index (Phi) is 4.37. The van der Waals surface area contributed by atoms with Crippen molar-refractivity contribution >= 4 is 39.3 Å². The van der Waals surface area contributed by atoms with Crippen LogP contribution in [-0.2, 0) is 35.0 Å². The molecular formula is C20H18ClNO3S. The summed E-state index contributed by atoms with van der Waals surface area (Å²) in [4.78, 5) is 12.2. The Hall–Kier alpha value is -2.11. The summed E-state index contributed by atoms with van der Waals surface area (Å²) in [5.74, 6) is -0.169. The Morgan fingerprint density at radius 2 is 2.08 bits per heavy atom. The number of aryl methyl sites for hydroxylation is 1. The Labute approximate surface area is 158 Å². The predicted octanol–water partition coefficient (Wildman–Crippen LogP) is 3.94. The molecule has 1 N–H and O–H groups in total. The van der Waals surface area contributed by atoms with Crippen molar-refractivity contribution < 1.29 is 14.1 Å². The van der Waals surface area contributed by atoms with Gasteiger partial charge in [0.25, 0.3) is 0 Å². The van der Waals surface area contributed by atoms with E-state index in [1.54, 1.807) is 6.07 Å². The molecule has 0 fully saturated rings. The molecule has 1 atom stereocenters. The summed E-state index contributed by atoms with van der Waals surface area (Å²) in [6.45, 7) is 1.88. The summed E-state index contributed by atoms with van der Waals surface area (Å²) in [6, 6.07) is 11.7. The van der Waals surface area contributed by atoms with Gasteiger partial charge < -0.3 is 9.67 Å². The third kappa shape index (κ3) is 2.95. The highest BCUT2D eigenvalue weighted by Gasteiger charge is 2.20. The molecule has 1 aromatic heterocycles. The molecule has 134 valence electrons. The number of rotatable bonds is 4. The minimum Gasteiger partial charge on any atom is -0.480 e. The van der Waals surface area contributed by atoms with Crippen LogP contribution in [-0.4, -0.2) is 25.6 Å². The number of fused-ring (bicyclic) bond motifs is 2. The van der Waals surface area contributed by atoms with Gasteiger partial charge in [0.2, 0.25) is 0 Å². The van der Waals surface area contributed by atoms with Gasteiger partial charge in [-0.3, -0.25) is 9.00 Å². The minimum absolute atomic E-state index is 0.0763. The van der Waals surface area contributed by atoms with Gasteiger partial charge in [0.1, 0.15) is 6.54 Å². The third-order valence-corrected chi connectivity index (χ3v) is 6.72. The SMILES string of the molecule is Cc1c(Cc2ccc3c(c2)CCS3=O)c2cc(Cl)ccc2n1CC(=O)O. The Morgan fingerprint density at radius 3 is 2.85 bits per heavy atom. The molecule has 0 amide bonds. The average Bonchev–Trinajstić information content (AvgIpc) is 3.08. The number of benzene rings is 2. The Morgan fingerprint density at radius 1 is 1.27 bits per heavy atom. The van der Waals surface area contributed by atoms with Crippen LogP contribution in [0, 0.1) is 6.92 Å². The second-order valence-corrected chi connectivity index (χ2v) is 8.60. The van der Waals surface area contributed by atoms with Crippen LogP contribution in [0.3, 0.4) is 0 Å². The molecule has 0 radical (unpaired) electrons. The van der Waals surface area contributed by atoms with Crippen molar-refractivity contribution in [2.45, 2.75) is 31.2 Å². The summed E-state index contributed by atoms with van der Waals surface area (Å²) < 4.78 is 13.8. The molecule has 6 heteroatoms. The molecule has 2 heterocycles. The highest BCUT2D eigenvalue weighted by molar-refractivity contribution is 7.85. The maximum atomic E-state index is 11.9. The standard InChI is InChI=1S/C20H18ClNO3S/c1-12-16(9-13-2-5-19-14(8-13)6-7-26(19)25)17-10-15(21)3-4-18(17)22(12)11-20(23)24/h2-5,8,10H,6-7,9,11H2,1H3,(H,23,24). The van der Waals surface area contributed by atoms with E-state index in [0.29, 0.717) is 17.2 Å². The second kappa shape index (κ2) is 6.56. The highest BCUT2D eigenvalue weighted by atomic mass is 35.5. The van der Waals surface area contributed by atoms with Crippen LogP contribution in [0.2, 0.25) is 5.02 Å². The molecule has 3 aromatic rings. The number of carboxylic acids is 1.